The number of benzene rings is 2. The summed E-state index contributed by atoms with van der Waals surface area (Å²) in [6, 6.07) is 14.9. The van der Waals surface area contributed by atoms with Gasteiger partial charge in [0, 0.05) is 17.6 Å². The van der Waals surface area contributed by atoms with E-state index in [1.807, 2.05) is 51.1 Å². The molecule has 0 aliphatic rings. The van der Waals surface area contributed by atoms with Crippen LogP contribution in [0.5, 0.6) is 0 Å². The first-order chi connectivity index (χ1) is 12.7. The minimum atomic E-state index is -0.722. The molecular weight excluding hydrogens is 343 g/mol. The molecule has 0 radical (unpaired) electrons. The zero-order valence-corrected chi connectivity index (χ0v) is 16.3. The Morgan fingerprint density at radius 1 is 1.04 bits per heavy atom. The Hall–Kier alpha value is -2.69. The van der Waals surface area contributed by atoms with Crippen molar-refractivity contribution < 1.29 is 14.0 Å². The van der Waals surface area contributed by atoms with Gasteiger partial charge >= 0.3 is 0 Å². The summed E-state index contributed by atoms with van der Waals surface area (Å²) in [4.78, 5) is 27.0. The molecule has 0 aliphatic carbocycles. The molecule has 27 heavy (non-hydrogen) atoms. The van der Waals surface area contributed by atoms with E-state index in [9.17, 15) is 14.0 Å². The van der Waals surface area contributed by atoms with Crippen LogP contribution in [0.1, 0.15) is 38.8 Å². The standard InChI is InChI=1S/C22H27FN2O2/c1-16(21(27)24-22(2,3)4)25(15-18-12-8-9-13-19(18)23)20(26)14-17-10-6-5-7-11-17/h5-13,16H,14-15H2,1-4H3,(H,24,27)/t16-/m1/s1. The SMILES string of the molecule is C[C@H](C(=O)NC(C)(C)C)N(Cc1ccccc1F)C(=O)Cc1ccccc1. The summed E-state index contributed by atoms with van der Waals surface area (Å²) >= 11 is 0. The number of nitrogens with zero attached hydrogens (tertiary/aromatic N) is 1. The fraction of sp³-hybridized carbons (Fsp3) is 0.364. The van der Waals surface area contributed by atoms with Crippen molar-refractivity contribution in [1.82, 2.24) is 10.2 Å². The van der Waals surface area contributed by atoms with Gasteiger partial charge in [0.1, 0.15) is 11.9 Å². The fourth-order valence-corrected chi connectivity index (χ4v) is 2.74. The van der Waals surface area contributed by atoms with Crippen molar-refractivity contribution in [3.05, 3.63) is 71.5 Å². The highest BCUT2D eigenvalue weighted by molar-refractivity contribution is 5.88. The molecule has 0 bridgehead atoms. The lowest BCUT2D eigenvalue weighted by Gasteiger charge is -2.31. The van der Waals surface area contributed by atoms with Crippen LogP contribution < -0.4 is 5.32 Å². The normalized spacial score (nSPS) is 12.3. The summed E-state index contributed by atoms with van der Waals surface area (Å²) in [5.74, 6) is -0.875. The molecule has 0 saturated carbocycles. The van der Waals surface area contributed by atoms with Gasteiger partial charge in [-0.15, -0.1) is 0 Å². The quantitative estimate of drug-likeness (QED) is 0.843. The van der Waals surface area contributed by atoms with E-state index in [-0.39, 0.29) is 24.8 Å². The van der Waals surface area contributed by atoms with Crippen LogP contribution in [0.4, 0.5) is 4.39 Å². The fourth-order valence-electron chi connectivity index (χ4n) is 2.74. The molecule has 2 rings (SSSR count). The Morgan fingerprint density at radius 3 is 2.22 bits per heavy atom. The molecule has 144 valence electrons. The van der Waals surface area contributed by atoms with E-state index in [0.29, 0.717) is 5.56 Å². The summed E-state index contributed by atoms with van der Waals surface area (Å²) < 4.78 is 14.1. The number of halogens is 1. The Labute approximate surface area is 160 Å². The van der Waals surface area contributed by atoms with Crippen molar-refractivity contribution in [3.63, 3.8) is 0 Å². The lowest BCUT2D eigenvalue weighted by Crippen LogP contribution is -2.52. The molecule has 0 fully saturated rings. The molecule has 0 aromatic heterocycles. The number of hydrogen-bond acceptors (Lipinski definition) is 2. The second kappa shape index (κ2) is 8.80. The Bertz CT molecular complexity index is 784. The van der Waals surface area contributed by atoms with Crippen LogP contribution in [-0.4, -0.2) is 28.3 Å². The van der Waals surface area contributed by atoms with Crippen LogP contribution in [0.15, 0.2) is 54.6 Å². The van der Waals surface area contributed by atoms with E-state index in [1.54, 1.807) is 25.1 Å². The number of nitrogens with one attached hydrogen (secondary N) is 1. The first-order valence-electron chi connectivity index (χ1n) is 9.06. The Kier molecular flexibility index (Phi) is 6.72. The summed E-state index contributed by atoms with van der Waals surface area (Å²) in [5.41, 5.74) is 0.816. The molecule has 0 unspecified atom stereocenters. The number of hydrogen-bond donors (Lipinski definition) is 1. The smallest absolute Gasteiger partial charge is 0.242 e. The van der Waals surface area contributed by atoms with Crippen LogP contribution in [0, 0.1) is 5.82 Å². The minimum Gasteiger partial charge on any atom is -0.350 e. The number of amides is 2. The van der Waals surface area contributed by atoms with Crippen molar-refractivity contribution in [2.75, 3.05) is 0 Å². The first kappa shape index (κ1) is 20.6. The summed E-state index contributed by atoms with van der Waals surface area (Å²) in [5, 5.41) is 2.89. The van der Waals surface area contributed by atoms with Crippen molar-refractivity contribution in [2.45, 2.75) is 52.2 Å². The predicted molar refractivity (Wildman–Crippen MR) is 104 cm³/mol. The van der Waals surface area contributed by atoms with E-state index in [4.69, 9.17) is 0 Å². The maximum absolute atomic E-state index is 14.1. The molecule has 2 amide bonds. The molecule has 4 nitrogen and oxygen atoms in total. The summed E-state index contributed by atoms with van der Waals surface area (Å²) in [7, 11) is 0. The second-order valence-corrected chi connectivity index (χ2v) is 7.69. The average Bonchev–Trinajstić information content (AvgIpc) is 2.59. The highest BCUT2D eigenvalue weighted by Gasteiger charge is 2.28. The molecule has 5 heteroatoms. The molecule has 0 aliphatic heterocycles. The monoisotopic (exact) mass is 370 g/mol. The van der Waals surface area contributed by atoms with Crippen LogP contribution in [-0.2, 0) is 22.6 Å². The van der Waals surface area contributed by atoms with Crippen molar-refractivity contribution in [3.8, 4) is 0 Å². The third-order valence-corrected chi connectivity index (χ3v) is 4.16. The highest BCUT2D eigenvalue weighted by Crippen LogP contribution is 2.15. The number of carbonyl (C=O) groups excluding carboxylic acids is 2. The lowest BCUT2D eigenvalue weighted by molar-refractivity contribution is -0.140. The van der Waals surface area contributed by atoms with E-state index in [0.717, 1.165) is 5.56 Å². The maximum Gasteiger partial charge on any atom is 0.242 e. The molecule has 0 saturated heterocycles. The number of rotatable bonds is 6. The van der Waals surface area contributed by atoms with E-state index < -0.39 is 17.4 Å². The molecule has 1 atom stereocenters. The molecule has 2 aromatic rings. The summed E-state index contributed by atoms with van der Waals surface area (Å²) in [6.07, 6.45) is 0.155. The summed E-state index contributed by atoms with van der Waals surface area (Å²) in [6.45, 7) is 7.35. The molecule has 1 N–H and O–H groups in total. The zero-order chi connectivity index (χ0) is 20.0. The maximum atomic E-state index is 14.1. The Balaban J connectivity index is 2.25. The van der Waals surface area contributed by atoms with E-state index >= 15 is 0 Å². The van der Waals surface area contributed by atoms with Crippen LogP contribution in [0.2, 0.25) is 0 Å². The molecule has 2 aromatic carbocycles. The van der Waals surface area contributed by atoms with Crippen molar-refractivity contribution in [2.24, 2.45) is 0 Å². The van der Waals surface area contributed by atoms with Gasteiger partial charge in [0.05, 0.1) is 6.42 Å². The van der Waals surface area contributed by atoms with Gasteiger partial charge in [-0.2, -0.15) is 0 Å². The Morgan fingerprint density at radius 2 is 1.63 bits per heavy atom. The average molecular weight is 370 g/mol. The van der Waals surface area contributed by atoms with Gasteiger partial charge in [-0.1, -0.05) is 48.5 Å². The molecular formula is C22H27FN2O2. The van der Waals surface area contributed by atoms with Gasteiger partial charge in [0.15, 0.2) is 0 Å². The van der Waals surface area contributed by atoms with Gasteiger partial charge in [0.2, 0.25) is 11.8 Å². The van der Waals surface area contributed by atoms with Crippen LogP contribution in [0.25, 0.3) is 0 Å². The zero-order valence-electron chi connectivity index (χ0n) is 16.3. The van der Waals surface area contributed by atoms with E-state index in [2.05, 4.69) is 5.32 Å². The largest absolute Gasteiger partial charge is 0.350 e. The van der Waals surface area contributed by atoms with Crippen molar-refractivity contribution in [1.29, 1.82) is 0 Å². The van der Waals surface area contributed by atoms with Crippen LogP contribution >= 0.6 is 0 Å². The lowest BCUT2D eigenvalue weighted by atomic mass is 10.1. The van der Waals surface area contributed by atoms with Gasteiger partial charge in [-0.3, -0.25) is 9.59 Å². The minimum absolute atomic E-state index is 0.0388. The molecule has 0 heterocycles. The van der Waals surface area contributed by atoms with E-state index in [1.165, 1.54) is 11.0 Å². The van der Waals surface area contributed by atoms with Gasteiger partial charge in [0.25, 0.3) is 0 Å². The number of carbonyl (C=O) groups is 2. The van der Waals surface area contributed by atoms with Crippen LogP contribution in [0.3, 0.4) is 0 Å². The van der Waals surface area contributed by atoms with Gasteiger partial charge < -0.3 is 10.2 Å². The second-order valence-electron chi connectivity index (χ2n) is 7.69. The third kappa shape index (κ3) is 6.20. The topological polar surface area (TPSA) is 49.4 Å². The third-order valence-electron chi connectivity index (χ3n) is 4.16. The molecule has 0 spiro atoms. The van der Waals surface area contributed by atoms with Crippen molar-refractivity contribution >= 4 is 11.8 Å². The first-order valence-corrected chi connectivity index (χ1v) is 9.06. The van der Waals surface area contributed by atoms with Gasteiger partial charge in [-0.25, -0.2) is 4.39 Å². The highest BCUT2D eigenvalue weighted by atomic mass is 19.1. The van der Waals surface area contributed by atoms with Gasteiger partial charge in [-0.05, 0) is 39.3 Å². The predicted octanol–water partition coefficient (Wildman–Crippen LogP) is 3.70.